The van der Waals surface area contributed by atoms with Crippen molar-refractivity contribution < 1.29 is 18.7 Å². The van der Waals surface area contributed by atoms with E-state index in [9.17, 15) is 14.0 Å². The lowest BCUT2D eigenvalue weighted by Crippen LogP contribution is -2.52. The molecule has 0 N–H and O–H groups in total. The number of benzene rings is 3. The van der Waals surface area contributed by atoms with E-state index in [0.29, 0.717) is 49.1 Å². The molecule has 1 atom stereocenters. The Labute approximate surface area is 191 Å². The van der Waals surface area contributed by atoms with E-state index in [0.717, 1.165) is 0 Å². The highest BCUT2D eigenvalue weighted by Gasteiger charge is 2.43. The SMILES string of the molecule is O=C1C[C@H](N2CCN(c3ccccc3F)CC2)C(=O)N1c1ccc(Oc2ccccc2)cc1. The molecule has 2 heterocycles. The van der Waals surface area contributed by atoms with Crippen LogP contribution in [0.15, 0.2) is 78.9 Å². The van der Waals surface area contributed by atoms with Gasteiger partial charge in [0.2, 0.25) is 5.91 Å². The maximum Gasteiger partial charge on any atom is 0.251 e. The Balaban J connectivity index is 1.24. The van der Waals surface area contributed by atoms with Crippen LogP contribution in [0.1, 0.15) is 6.42 Å². The largest absolute Gasteiger partial charge is 0.457 e. The predicted molar refractivity (Wildman–Crippen MR) is 124 cm³/mol. The Morgan fingerprint density at radius 2 is 1.39 bits per heavy atom. The summed E-state index contributed by atoms with van der Waals surface area (Å²) in [5.41, 5.74) is 1.11. The van der Waals surface area contributed by atoms with E-state index in [4.69, 9.17) is 4.74 Å². The van der Waals surface area contributed by atoms with E-state index in [1.807, 2.05) is 46.2 Å². The van der Waals surface area contributed by atoms with Gasteiger partial charge in [-0.25, -0.2) is 9.29 Å². The maximum absolute atomic E-state index is 14.1. The number of piperazine rings is 1. The van der Waals surface area contributed by atoms with Crippen molar-refractivity contribution in [2.75, 3.05) is 36.0 Å². The van der Waals surface area contributed by atoms with Gasteiger partial charge >= 0.3 is 0 Å². The van der Waals surface area contributed by atoms with Crippen molar-refractivity contribution >= 4 is 23.2 Å². The number of carbonyl (C=O) groups is 2. The van der Waals surface area contributed by atoms with Crippen LogP contribution in [0.25, 0.3) is 0 Å². The predicted octanol–water partition coefficient (Wildman–Crippen LogP) is 4.07. The summed E-state index contributed by atoms with van der Waals surface area (Å²) < 4.78 is 19.9. The van der Waals surface area contributed by atoms with Gasteiger partial charge in [0.1, 0.15) is 17.3 Å². The lowest BCUT2D eigenvalue weighted by molar-refractivity contribution is -0.123. The van der Waals surface area contributed by atoms with Gasteiger partial charge in [-0.2, -0.15) is 0 Å². The van der Waals surface area contributed by atoms with Crippen LogP contribution in [-0.4, -0.2) is 48.9 Å². The molecule has 2 amide bonds. The van der Waals surface area contributed by atoms with E-state index in [1.54, 1.807) is 36.4 Å². The number of halogens is 1. The van der Waals surface area contributed by atoms with Crippen LogP contribution in [0.3, 0.4) is 0 Å². The lowest BCUT2D eigenvalue weighted by Gasteiger charge is -2.38. The molecule has 168 valence electrons. The maximum atomic E-state index is 14.1. The van der Waals surface area contributed by atoms with Crippen LogP contribution in [-0.2, 0) is 9.59 Å². The molecule has 2 saturated heterocycles. The Morgan fingerprint density at radius 3 is 2.09 bits per heavy atom. The quantitative estimate of drug-likeness (QED) is 0.554. The second-order valence-corrected chi connectivity index (χ2v) is 8.17. The monoisotopic (exact) mass is 445 g/mol. The highest BCUT2D eigenvalue weighted by molar-refractivity contribution is 6.22. The Bertz CT molecular complexity index is 1140. The summed E-state index contributed by atoms with van der Waals surface area (Å²) in [6.07, 6.45) is 0.154. The average Bonchev–Trinajstić information content (AvgIpc) is 3.14. The molecule has 0 bridgehead atoms. The fourth-order valence-corrected chi connectivity index (χ4v) is 4.44. The standard InChI is InChI=1S/C26H24FN3O3/c27-22-8-4-5-9-23(22)28-14-16-29(17-15-28)24-18-25(31)30(26(24)32)19-10-12-21(13-11-19)33-20-6-2-1-3-7-20/h1-13,24H,14-18H2/t24-/m0/s1. The minimum absolute atomic E-state index is 0.154. The van der Waals surface area contributed by atoms with Gasteiger partial charge in [-0.1, -0.05) is 30.3 Å². The zero-order valence-corrected chi connectivity index (χ0v) is 18.1. The topological polar surface area (TPSA) is 53.1 Å². The molecule has 2 aliphatic heterocycles. The summed E-state index contributed by atoms with van der Waals surface area (Å²) in [4.78, 5) is 31.2. The minimum atomic E-state index is -0.486. The molecule has 0 spiro atoms. The van der Waals surface area contributed by atoms with Crippen molar-refractivity contribution in [1.82, 2.24) is 4.90 Å². The van der Waals surface area contributed by atoms with Crippen LogP contribution >= 0.6 is 0 Å². The smallest absolute Gasteiger partial charge is 0.251 e. The fourth-order valence-electron chi connectivity index (χ4n) is 4.44. The Morgan fingerprint density at radius 1 is 0.758 bits per heavy atom. The van der Waals surface area contributed by atoms with E-state index < -0.39 is 6.04 Å². The second-order valence-electron chi connectivity index (χ2n) is 8.17. The van der Waals surface area contributed by atoms with Crippen molar-refractivity contribution in [3.05, 3.63) is 84.7 Å². The first-order valence-corrected chi connectivity index (χ1v) is 11.0. The van der Waals surface area contributed by atoms with E-state index in [-0.39, 0.29) is 24.1 Å². The number of imide groups is 1. The van der Waals surface area contributed by atoms with Gasteiger partial charge in [-0.3, -0.25) is 14.5 Å². The summed E-state index contributed by atoms with van der Waals surface area (Å²) in [6.45, 7) is 2.39. The second kappa shape index (κ2) is 9.03. The number of ether oxygens (including phenoxy) is 1. The normalized spacial score (nSPS) is 19.2. The molecule has 3 aromatic carbocycles. The first-order valence-electron chi connectivity index (χ1n) is 11.0. The highest BCUT2D eigenvalue weighted by Crippen LogP contribution is 2.30. The van der Waals surface area contributed by atoms with Crippen molar-refractivity contribution in [3.8, 4) is 11.5 Å². The van der Waals surface area contributed by atoms with Crippen LogP contribution in [0.2, 0.25) is 0 Å². The van der Waals surface area contributed by atoms with Crippen LogP contribution in [0.5, 0.6) is 11.5 Å². The number of amides is 2. The minimum Gasteiger partial charge on any atom is -0.457 e. The first kappa shape index (κ1) is 21.2. The van der Waals surface area contributed by atoms with Gasteiger partial charge < -0.3 is 9.64 Å². The third-order valence-corrected chi connectivity index (χ3v) is 6.14. The van der Waals surface area contributed by atoms with Crippen molar-refractivity contribution in [1.29, 1.82) is 0 Å². The zero-order valence-electron chi connectivity index (χ0n) is 18.1. The third-order valence-electron chi connectivity index (χ3n) is 6.14. The van der Waals surface area contributed by atoms with Crippen molar-refractivity contribution in [2.45, 2.75) is 12.5 Å². The molecule has 5 rings (SSSR count). The molecule has 2 aliphatic rings. The molecule has 3 aromatic rings. The number of rotatable bonds is 5. The summed E-state index contributed by atoms with van der Waals surface area (Å²) >= 11 is 0. The average molecular weight is 445 g/mol. The number of anilines is 2. The van der Waals surface area contributed by atoms with Gasteiger partial charge in [0, 0.05) is 26.2 Å². The highest BCUT2D eigenvalue weighted by atomic mass is 19.1. The van der Waals surface area contributed by atoms with E-state index in [2.05, 4.69) is 0 Å². The number of para-hydroxylation sites is 2. The van der Waals surface area contributed by atoms with Gasteiger partial charge in [0.15, 0.2) is 0 Å². The molecule has 0 aliphatic carbocycles. The molecule has 33 heavy (non-hydrogen) atoms. The molecule has 0 unspecified atom stereocenters. The molecule has 6 nitrogen and oxygen atoms in total. The third kappa shape index (κ3) is 4.32. The number of hydrogen-bond acceptors (Lipinski definition) is 5. The molecule has 7 heteroatoms. The lowest BCUT2D eigenvalue weighted by atomic mass is 10.1. The van der Waals surface area contributed by atoms with E-state index in [1.165, 1.54) is 11.0 Å². The molecular weight excluding hydrogens is 421 g/mol. The molecule has 0 aromatic heterocycles. The van der Waals surface area contributed by atoms with Gasteiger partial charge in [-0.15, -0.1) is 0 Å². The van der Waals surface area contributed by atoms with Crippen molar-refractivity contribution in [3.63, 3.8) is 0 Å². The summed E-state index contributed by atoms with van der Waals surface area (Å²) in [5, 5.41) is 0. The number of nitrogens with zero attached hydrogens (tertiary/aromatic N) is 3. The van der Waals surface area contributed by atoms with Crippen LogP contribution in [0.4, 0.5) is 15.8 Å². The number of carbonyl (C=O) groups excluding carboxylic acids is 2. The Hall–Kier alpha value is -3.71. The fraction of sp³-hybridized carbons (Fsp3) is 0.231. The van der Waals surface area contributed by atoms with Gasteiger partial charge in [-0.05, 0) is 48.5 Å². The van der Waals surface area contributed by atoms with Gasteiger partial charge in [0.05, 0.1) is 23.8 Å². The molecule has 2 fully saturated rings. The van der Waals surface area contributed by atoms with Crippen molar-refractivity contribution in [2.24, 2.45) is 0 Å². The summed E-state index contributed by atoms with van der Waals surface area (Å²) in [5.74, 6) is 0.677. The van der Waals surface area contributed by atoms with Gasteiger partial charge in [0.25, 0.3) is 5.91 Å². The summed E-state index contributed by atoms with van der Waals surface area (Å²) in [7, 11) is 0. The zero-order chi connectivity index (χ0) is 22.8. The molecular formula is C26H24FN3O3. The number of hydrogen-bond donors (Lipinski definition) is 0. The van der Waals surface area contributed by atoms with Crippen LogP contribution < -0.4 is 14.5 Å². The van der Waals surface area contributed by atoms with E-state index >= 15 is 0 Å². The molecule has 0 radical (unpaired) electrons. The first-order chi connectivity index (χ1) is 16.1. The van der Waals surface area contributed by atoms with Crippen LogP contribution in [0, 0.1) is 5.82 Å². The molecule has 0 saturated carbocycles. The summed E-state index contributed by atoms with van der Waals surface area (Å²) in [6, 6.07) is 22.6. The Kier molecular flexibility index (Phi) is 5.79.